The van der Waals surface area contributed by atoms with Crippen molar-refractivity contribution < 1.29 is 13.9 Å². The number of para-hydroxylation sites is 1. The molecule has 1 unspecified atom stereocenters. The van der Waals surface area contributed by atoms with Gasteiger partial charge in [0.05, 0.1) is 6.04 Å². The highest BCUT2D eigenvalue weighted by Gasteiger charge is 2.14. The lowest BCUT2D eigenvalue weighted by atomic mass is 10.2. The Morgan fingerprint density at radius 2 is 1.96 bits per heavy atom. The highest BCUT2D eigenvalue weighted by atomic mass is 32.2. The number of thioether (sulfide) groups is 1. The van der Waals surface area contributed by atoms with Crippen LogP contribution < -0.4 is 10.1 Å². The van der Waals surface area contributed by atoms with Crippen LogP contribution in [0.25, 0.3) is 11.0 Å². The first kappa shape index (κ1) is 16.5. The zero-order chi connectivity index (χ0) is 16.9. The summed E-state index contributed by atoms with van der Waals surface area (Å²) in [4.78, 5) is 13.2. The Balaban J connectivity index is 1.55. The molecule has 124 valence electrons. The van der Waals surface area contributed by atoms with Gasteiger partial charge in [-0.2, -0.15) is 0 Å². The molecule has 1 atom stereocenters. The maximum Gasteiger partial charge on any atom is 0.258 e. The highest BCUT2D eigenvalue weighted by molar-refractivity contribution is 7.98. The molecule has 3 rings (SSSR count). The minimum Gasteiger partial charge on any atom is -0.484 e. The molecule has 3 aromatic rings. The fourth-order valence-corrected chi connectivity index (χ4v) is 2.80. The van der Waals surface area contributed by atoms with Gasteiger partial charge in [0.15, 0.2) is 6.61 Å². The Bertz CT molecular complexity index is 793. The number of amides is 1. The molecule has 1 heterocycles. The molecule has 1 N–H and O–H groups in total. The predicted octanol–water partition coefficient (Wildman–Crippen LogP) is 4.41. The van der Waals surface area contributed by atoms with E-state index in [2.05, 4.69) is 5.32 Å². The van der Waals surface area contributed by atoms with Gasteiger partial charge in [0, 0.05) is 10.3 Å². The molecule has 0 aliphatic heterocycles. The molecule has 0 fully saturated rings. The van der Waals surface area contributed by atoms with Gasteiger partial charge in [0.2, 0.25) is 0 Å². The van der Waals surface area contributed by atoms with E-state index in [-0.39, 0.29) is 18.6 Å². The summed E-state index contributed by atoms with van der Waals surface area (Å²) in [6.45, 7) is 1.87. The third kappa shape index (κ3) is 3.92. The first-order valence-electron chi connectivity index (χ1n) is 7.70. The van der Waals surface area contributed by atoms with Crippen LogP contribution >= 0.6 is 11.8 Å². The lowest BCUT2D eigenvalue weighted by molar-refractivity contribution is -0.123. The number of carbonyl (C=O) groups excluding carboxylic acids is 1. The highest BCUT2D eigenvalue weighted by Crippen LogP contribution is 2.23. The van der Waals surface area contributed by atoms with Crippen molar-refractivity contribution in [3.05, 3.63) is 60.4 Å². The SMILES string of the molecule is CSc1ccc(OCC(=O)NC(C)c2cc3ccccc3o2)cc1. The van der Waals surface area contributed by atoms with E-state index in [9.17, 15) is 4.79 Å². The summed E-state index contributed by atoms with van der Waals surface area (Å²) in [7, 11) is 0. The van der Waals surface area contributed by atoms with Crippen molar-refractivity contribution in [1.82, 2.24) is 5.32 Å². The standard InChI is InChI=1S/C19H19NO3S/c1-13(18-11-14-5-3-4-6-17(14)23-18)20-19(21)12-22-15-7-9-16(24-2)10-8-15/h3-11,13H,12H2,1-2H3,(H,20,21). The van der Waals surface area contributed by atoms with Crippen LogP contribution in [-0.4, -0.2) is 18.8 Å². The van der Waals surface area contributed by atoms with Gasteiger partial charge in [0.1, 0.15) is 17.1 Å². The van der Waals surface area contributed by atoms with Crippen molar-refractivity contribution in [2.75, 3.05) is 12.9 Å². The Morgan fingerprint density at radius 1 is 1.21 bits per heavy atom. The molecule has 0 saturated heterocycles. The second kappa shape index (κ2) is 7.45. The maximum absolute atomic E-state index is 12.1. The molecule has 24 heavy (non-hydrogen) atoms. The summed E-state index contributed by atoms with van der Waals surface area (Å²) in [5, 5.41) is 3.91. The molecule has 0 aliphatic carbocycles. The normalized spacial score (nSPS) is 12.1. The van der Waals surface area contributed by atoms with E-state index in [1.54, 1.807) is 11.8 Å². The largest absolute Gasteiger partial charge is 0.484 e. The van der Waals surface area contributed by atoms with Crippen LogP contribution in [0.5, 0.6) is 5.75 Å². The summed E-state index contributed by atoms with van der Waals surface area (Å²) in [5.41, 5.74) is 0.818. The molecule has 1 amide bonds. The van der Waals surface area contributed by atoms with Crippen molar-refractivity contribution in [3.8, 4) is 5.75 Å². The van der Waals surface area contributed by atoms with Gasteiger partial charge >= 0.3 is 0 Å². The van der Waals surface area contributed by atoms with Gasteiger partial charge in [-0.1, -0.05) is 18.2 Å². The molecule has 0 bridgehead atoms. The van der Waals surface area contributed by atoms with Crippen molar-refractivity contribution in [2.24, 2.45) is 0 Å². The Hall–Kier alpha value is -2.40. The van der Waals surface area contributed by atoms with Gasteiger partial charge in [-0.15, -0.1) is 11.8 Å². The zero-order valence-corrected chi connectivity index (χ0v) is 14.4. The molecular weight excluding hydrogens is 322 g/mol. The van der Waals surface area contributed by atoms with Crippen LogP contribution in [0, 0.1) is 0 Å². The average molecular weight is 341 g/mol. The lowest BCUT2D eigenvalue weighted by Crippen LogP contribution is -2.31. The number of benzene rings is 2. The summed E-state index contributed by atoms with van der Waals surface area (Å²) >= 11 is 1.66. The second-order valence-electron chi connectivity index (χ2n) is 5.44. The van der Waals surface area contributed by atoms with Crippen molar-refractivity contribution in [3.63, 3.8) is 0 Å². The Morgan fingerprint density at radius 3 is 2.67 bits per heavy atom. The molecule has 0 saturated carbocycles. The fourth-order valence-electron chi connectivity index (χ4n) is 2.39. The van der Waals surface area contributed by atoms with E-state index in [1.807, 2.05) is 67.8 Å². The third-order valence-electron chi connectivity index (χ3n) is 3.68. The van der Waals surface area contributed by atoms with Crippen LogP contribution in [0.4, 0.5) is 0 Å². The minimum absolute atomic E-state index is 0.0246. The minimum atomic E-state index is -0.215. The second-order valence-corrected chi connectivity index (χ2v) is 6.32. The molecule has 4 nitrogen and oxygen atoms in total. The van der Waals surface area contributed by atoms with Gasteiger partial charge < -0.3 is 14.5 Å². The number of carbonyl (C=O) groups is 1. The van der Waals surface area contributed by atoms with Crippen LogP contribution in [0.2, 0.25) is 0 Å². The van der Waals surface area contributed by atoms with Gasteiger partial charge in [-0.05, 0) is 49.6 Å². The van der Waals surface area contributed by atoms with E-state index in [0.717, 1.165) is 21.6 Å². The van der Waals surface area contributed by atoms with Crippen LogP contribution in [-0.2, 0) is 4.79 Å². The van der Waals surface area contributed by atoms with Gasteiger partial charge in [0.25, 0.3) is 5.91 Å². The number of furan rings is 1. The molecule has 0 aliphatic rings. The Labute approximate surface area is 145 Å². The van der Waals surface area contributed by atoms with E-state index in [1.165, 1.54) is 0 Å². The quantitative estimate of drug-likeness (QED) is 0.675. The molecule has 0 radical (unpaired) electrons. The summed E-state index contributed by atoms with van der Waals surface area (Å²) < 4.78 is 11.3. The van der Waals surface area contributed by atoms with Crippen LogP contribution in [0.3, 0.4) is 0 Å². The molecule has 2 aromatic carbocycles. The van der Waals surface area contributed by atoms with E-state index < -0.39 is 0 Å². The first-order valence-corrected chi connectivity index (χ1v) is 8.93. The molecule has 1 aromatic heterocycles. The topological polar surface area (TPSA) is 51.5 Å². The van der Waals surface area contributed by atoms with Crippen molar-refractivity contribution in [1.29, 1.82) is 0 Å². The number of fused-ring (bicyclic) bond motifs is 1. The Kier molecular flexibility index (Phi) is 5.11. The van der Waals surface area contributed by atoms with E-state index in [0.29, 0.717) is 5.75 Å². The number of rotatable bonds is 6. The monoisotopic (exact) mass is 341 g/mol. The molecule has 0 spiro atoms. The number of hydrogen-bond acceptors (Lipinski definition) is 4. The summed E-state index contributed by atoms with van der Waals surface area (Å²) in [5.74, 6) is 1.23. The lowest BCUT2D eigenvalue weighted by Gasteiger charge is -2.12. The molecular formula is C19H19NO3S. The average Bonchev–Trinajstić information content (AvgIpc) is 3.05. The van der Waals surface area contributed by atoms with Crippen molar-refractivity contribution >= 4 is 28.6 Å². The van der Waals surface area contributed by atoms with Gasteiger partial charge in [-0.3, -0.25) is 4.79 Å². The van der Waals surface area contributed by atoms with Crippen molar-refractivity contribution in [2.45, 2.75) is 17.9 Å². The first-order chi connectivity index (χ1) is 11.7. The number of hydrogen-bond donors (Lipinski definition) is 1. The summed E-state index contributed by atoms with van der Waals surface area (Å²) in [6, 6.07) is 17.2. The van der Waals surface area contributed by atoms with E-state index >= 15 is 0 Å². The van der Waals surface area contributed by atoms with E-state index in [4.69, 9.17) is 9.15 Å². The van der Waals surface area contributed by atoms with Gasteiger partial charge in [-0.25, -0.2) is 0 Å². The smallest absolute Gasteiger partial charge is 0.258 e. The van der Waals surface area contributed by atoms with Crippen LogP contribution in [0.1, 0.15) is 18.7 Å². The number of nitrogens with one attached hydrogen (secondary N) is 1. The third-order valence-corrected chi connectivity index (χ3v) is 4.42. The fraction of sp³-hybridized carbons (Fsp3) is 0.211. The molecule has 5 heteroatoms. The predicted molar refractivity (Wildman–Crippen MR) is 96.5 cm³/mol. The number of ether oxygens (including phenoxy) is 1. The summed E-state index contributed by atoms with van der Waals surface area (Å²) in [6.07, 6.45) is 2.02. The zero-order valence-electron chi connectivity index (χ0n) is 13.6. The van der Waals surface area contributed by atoms with Crippen LogP contribution in [0.15, 0.2) is 63.9 Å². The maximum atomic E-state index is 12.1.